The maximum atomic E-state index is 14.2. The first-order valence-corrected chi connectivity index (χ1v) is 11.1. The maximum absolute atomic E-state index is 14.2. The van der Waals surface area contributed by atoms with Gasteiger partial charge in [-0.15, -0.1) is 0 Å². The molecular formula is C24H25F2N5O. The van der Waals surface area contributed by atoms with Crippen LogP contribution < -0.4 is 10.2 Å². The van der Waals surface area contributed by atoms with Crippen LogP contribution in [0.5, 0.6) is 0 Å². The largest absolute Gasteiger partial charge is 0.381 e. The van der Waals surface area contributed by atoms with Crippen LogP contribution >= 0.6 is 0 Å². The van der Waals surface area contributed by atoms with Crippen LogP contribution in [0.2, 0.25) is 0 Å². The van der Waals surface area contributed by atoms with Gasteiger partial charge in [-0.3, -0.25) is 4.40 Å². The number of hydrogen-bond acceptors (Lipinski definition) is 5. The topological polar surface area (TPSA) is 54.7 Å². The van der Waals surface area contributed by atoms with Gasteiger partial charge in [-0.2, -0.15) is 0 Å². The Kier molecular flexibility index (Phi) is 4.55. The van der Waals surface area contributed by atoms with E-state index in [1.165, 1.54) is 12.1 Å². The first kappa shape index (κ1) is 19.8. The van der Waals surface area contributed by atoms with E-state index in [2.05, 4.69) is 24.1 Å². The minimum absolute atomic E-state index is 0.353. The third-order valence-corrected chi connectivity index (χ3v) is 6.52. The van der Waals surface area contributed by atoms with Gasteiger partial charge < -0.3 is 15.0 Å². The monoisotopic (exact) mass is 437 g/mol. The third kappa shape index (κ3) is 3.20. The molecule has 2 saturated heterocycles. The quantitative estimate of drug-likeness (QED) is 0.530. The van der Waals surface area contributed by atoms with Crippen molar-refractivity contribution in [2.45, 2.75) is 32.4 Å². The fourth-order valence-electron chi connectivity index (χ4n) is 5.04. The Morgan fingerprint density at radius 3 is 2.47 bits per heavy atom. The van der Waals surface area contributed by atoms with Crippen LogP contribution in [0.4, 0.5) is 14.6 Å². The molecule has 2 aliphatic rings. The summed E-state index contributed by atoms with van der Waals surface area (Å²) in [6, 6.07) is 9.11. The number of ether oxygens (including phenoxy) is 1. The van der Waals surface area contributed by atoms with Crippen LogP contribution in [-0.4, -0.2) is 52.8 Å². The van der Waals surface area contributed by atoms with Crippen LogP contribution in [0, 0.1) is 17.6 Å². The molecule has 0 spiro atoms. The molecule has 1 aromatic carbocycles. The minimum atomic E-state index is -0.864. The number of piperazine rings is 1. The van der Waals surface area contributed by atoms with Gasteiger partial charge in [0.05, 0.1) is 29.9 Å². The van der Waals surface area contributed by atoms with Crippen LogP contribution in [-0.2, 0) is 11.2 Å². The lowest BCUT2D eigenvalue weighted by Gasteiger charge is -2.37. The molecule has 5 heterocycles. The fraction of sp³-hybridized carbons (Fsp3) is 0.417. The molecule has 0 radical (unpaired) electrons. The van der Waals surface area contributed by atoms with Gasteiger partial charge in [-0.05, 0) is 44.5 Å². The third-order valence-electron chi connectivity index (χ3n) is 6.52. The first-order chi connectivity index (χ1) is 15.5. The predicted octanol–water partition coefficient (Wildman–Crippen LogP) is 3.69. The van der Waals surface area contributed by atoms with Gasteiger partial charge in [0.2, 0.25) is 0 Å². The second-order valence-electron chi connectivity index (χ2n) is 9.24. The average Bonchev–Trinajstić information content (AvgIpc) is 3.08. The second-order valence-corrected chi connectivity index (χ2v) is 9.24. The molecule has 2 aliphatic heterocycles. The Labute approximate surface area is 184 Å². The summed E-state index contributed by atoms with van der Waals surface area (Å²) >= 11 is 0. The van der Waals surface area contributed by atoms with Crippen molar-refractivity contribution in [1.29, 1.82) is 0 Å². The summed E-state index contributed by atoms with van der Waals surface area (Å²) in [7, 11) is 0. The number of halogens is 2. The van der Waals surface area contributed by atoms with E-state index in [4.69, 9.17) is 14.7 Å². The smallest absolute Gasteiger partial charge is 0.166 e. The summed E-state index contributed by atoms with van der Waals surface area (Å²) in [5, 5.41) is 4.18. The SMILES string of the molecule is C[C@@H]1CN(c2ccc3nc(CC4COC4)c4cc5cc(F)c(F)cc5n4c3n2)C[C@H](C)N1. The standard InChI is InChI=1S/C24H25F2N5O/c1-13-9-30(10-14(2)27-13)23-4-3-19-24(29-23)31-21-8-18(26)17(25)6-16(21)7-22(31)20(28-19)5-15-11-32-12-15/h3-4,6-8,13-15,27H,5,9-12H2,1-2H3/t13-,14+. The second kappa shape index (κ2) is 7.35. The highest BCUT2D eigenvalue weighted by Gasteiger charge is 2.25. The molecule has 8 heteroatoms. The number of rotatable bonds is 3. The minimum Gasteiger partial charge on any atom is -0.381 e. The number of hydrogen-bond donors (Lipinski definition) is 1. The number of aromatic nitrogens is 3. The van der Waals surface area contributed by atoms with Crippen molar-refractivity contribution in [3.8, 4) is 0 Å². The summed E-state index contributed by atoms with van der Waals surface area (Å²) < 4.78 is 35.5. The molecule has 0 unspecified atom stereocenters. The van der Waals surface area contributed by atoms with Crippen molar-refractivity contribution >= 4 is 33.4 Å². The number of nitrogens with zero attached hydrogens (tertiary/aromatic N) is 4. The van der Waals surface area contributed by atoms with Crippen molar-refractivity contribution in [1.82, 2.24) is 19.7 Å². The van der Waals surface area contributed by atoms with E-state index in [-0.39, 0.29) is 0 Å². The molecule has 1 N–H and O–H groups in total. The van der Waals surface area contributed by atoms with Gasteiger partial charge in [0, 0.05) is 42.5 Å². The molecule has 6 nitrogen and oxygen atoms in total. The number of anilines is 1. The molecule has 32 heavy (non-hydrogen) atoms. The summed E-state index contributed by atoms with van der Waals surface area (Å²) in [5.74, 6) is -0.439. The molecule has 4 aromatic rings. The fourth-order valence-corrected chi connectivity index (χ4v) is 5.04. The first-order valence-electron chi connectivity index (χ1n) is 11.1. The summed E-state index contributed by atoms with van der Waals surface area (Å²) in [6.45, 7) is 7.46. The zero-order valence-corrected chi connectivity index (χ0v) is 18.1. The number of benzene rings is 1. The molecule has 3 aromatic heterocycles. The van der Waals surface area contributed by atoms with Crippen molar-refractivity contribution in [3.05, 3.63) is 47.7 Å². The molecule has 2 fully saturated rings. The Morgan fingerprint density at radius 1 is 1.00 bits per heavy atom. The Balaban J connectivity index is 1.58. The van der Waals surface area contributed by atoms with Crippen LogP contribution in [0.15, 0.2) is 30.3 Å². The van der Waals surface area contributed by atoms with E-state index >= 15 is 0 Å². The van der Waals surface area contributed by atoms with Crippen molar-refractivity contribution in [3.63, 3.8) is 0 Å². The van der Waals surface area contributed by atoms with Gasteiger partial charge in [0.1, 0.15) is 11.3 Å². The Hall–Kier alpha value is -2.84. The van der Waals surface area contributed by atoms with E-state index in [9.17, 15) is 8.78 Å². The van der Waals surface area contributed by atoms with E-state index in [1.54, 1.807) is 0 Å². The molecule has 0 amide bonds. The van der Waals surface area contributed by atoms with Gasteiger partial charge in [-0.1, -0.05) is 0 Å². The summed E-state index contributed by atoms with van der Waals surface area (Å²) in [4.78, 5) is 12.2. The molecule has 0 aliphatic carbocycles. The van der Waals surface area contributed by atoms with Gasteiger partial charge in [0.25, 0.3) is 0 Å². The van der Waals surface area contributed by atoms with E-state index in [0.29, 0.717) is 47.8 Å². The lowest BCUT2D eigenvalue weighted by Crippen LogP contribution is -2.54. The average molecular weight is 437 g/mol. The lowest BCUT2D eigenvalue weighted by molar-refractivity contribution is -0.0315. The van der Waals surface area contributed by atoms with Gasteiger partial charge in [0.15, 0.2) is 17.3 Å². The normalized spacial score (nSPS) is 22.2. The molecule has 2 atom stereocenters. The van der Waals surface area contributed by atoms with Crippen molar-refractivity contribution < 1.29 is 13.5 Å². The van der Waals surface area contributed by atoms with Crippen molar-refractivity contribution in [2.24, 2.45) is 5.92 Å². The molecular weight excluding hydrogens is 412 g/mol. The van der Waals surface area contributed by atoms with E-state index in [0.717, 1.165) is 42.1 Å². The predicted molar refractivity (Wildman–Crippen MR) is 120 cm³/mol. The van der Waals surface area contributed by atoms with Crippen molar-refractivity contribution in [2.75, 3.05) is 31.2 Å². The van der Waals surface area contributed by atoms with Gasteiger partial charge >= 0.3 is 0 Å². The molecule has 0 bridgehead atoms. The summed E-state index contributed by atoms with van der Waals surface area (Å²) in [5.41, 5.74) is 3.75. The number of nitrogens with one attached hydrogen (secondary N) is 1. The van der Waals surface area contributed by atoms with E-state index in [1.807, 2.05) is 22.6 Å². The lowest BCUT2D eigenvalue weighted by atomic mass is 10.0. The molecule has 166 valence electrons. The number of fused-ring (bicyclic) bond motifs is 5. The Bertz CT molecular complexity index is 1340. The van der Waals surface area contributed by atoms with Crippen LogP contribution in [0.1, 0.15) is 19.5 Å². The molecule has 6 rings (SSSR count). The zero-order chi connectivity index (χ0) is 22.0. The van der Waals surface area contributed by atoms with Gasteiger partial charge in [-0.25, -0.2) is 18.7 Å². The maximum Gasteiger partial charge on any atom is 0.166 e. The Morgan fingerprint density at radius 2 is 1.75 bits per heavy atom. The van der Waals surface area contributed by atoms with E-state index < -0.39 is 11.6 Å². The summed E-state index contributed by atoms with van der Waals surface area (Å²) in [6.07, 6.45) is 0.759. The zero-order valence-electron chi connectivity index (χ0n) is 18.1. The molecule has 0 saturated carbocycles. The van der Waals surface area contributed by atoms with Crippen LogP contribution in [0.3, 0.4) is 0 Å². The highest BCUT2D eigenvalue weighted by molar-refractivity contribution is 5.93. The number of pyridine rings is 1. The highest BCUT2D eigenvalue weighted by atomic mass is 19.2. The highest BCUT2D eigenvalue weighted by Crippen LogP contribution is 2.31. The van der Waals surface area contributed by atoms with Crippen LogP contribution in [0.25, 0.3) is 27.6 Å².